The summed E-state index contributed by atoms with van der Waals surface area (Å²) in [6.07, 6.45) is 3.37. The second kappa shape index (κ2) is 8.92. The van der Waals surface area contributed by atoms with Crippen LogP contribution >= 0.6 is 0 Å². The van der Waals surface area contributed by atoms with Crippen molar-refractivity contribution in [1.29, 1.82) is 0 Å². The van der Waals surface area contributed by atoms with Crippen LogP contribution in [0.25, 0.3) is 66.1 Å². The molecule has 40 heavy (non-hydrogen) atoms. The molecule has 0 saturated carbocycles. The maximum atomic E-state index is 12.4. The Labute approximate surface area is 226 Å². The molecule has 2 N–H and O–H groups in total. The quantitative estimate of drug-likeness (QED) is 0.247. The Bertz CT molecular complexity index is 2040. The van der Waals surface area contributed by atoms with E-state index in [2.05, 4.69) is 9.97 Å². The minimum Gasteiger partial charge on any atom is -0.478 e. The number of nitrogens with zero attached hydrogens (tertiary/aromatic N) is 4. The van der Waals surface area contributed by atoms with Crippen LogP contribution in [0.2, 0.25) is 0 Å². The molecule has 4 heterocycles. The van der Waals surface area contributed by atoms with E-state index in [1.165, 1.54) is 6.07 Å². The number of hydrogen-bond donors (Lipinski definition) is 2. The van der Waals surface area contributed by atoms with Crippen molar-refractivity contribution in [3.8, 4) is 22.5 Å². The SMILES string of the molecule is O=C(O)c1cc(C(=O)O)c(-c2ccc3ccc4cccnc4c3n2)cc1-c1ccc2ccc3cccnc3c2n1. The van der Waals surface area contributed by atoms with Crippen molar-refractivity contribution in [2.45, 2.75) is 0 Å². The highest BCUT2D eigenvalue weighted by Crippen LogP contribution is 2.35. The van der Waals surface area contributed by atoms with Gasteiger partial charge in [0.05, 0.1) is 44.6 Å². The van der Waals surface area contributed by atoms with E-state index < -0.39 is 11.9 Å². The normalized spacial score (nSPS) is 11.4. The summed E-state index contributed by atoms with van der Waals surface area (Å²) in [5, 5.41) is 23.7. The molecule has 0 radical (unpaired) electrons. The lowest BCUT2D eigenvalue weighted by molar-refractivity contribution is 0.0696. The van der Waals surface area contributed by atoms with Crippen LogP contribution in [0, 0.1) is 0 Å². The molecule has 0 unspecified atom stereocenters. The smallest absolute Gasteiger partial charge is 0.336 e. The van der Waals surface area contributed by atoms with E-state index in [-0.39, 0.29) is 22.3 Å². The molecule has 0 amide bonds. The van der Waals surface area contributed by atoms with Gasteiger partial charge in [-0.05, 0) is 36.4 Å². The van der Waals surface area contributed by atoms with Gasteiger partial charge < -0.3 is 10.2 Å². The van der Waals surface area contributed by atoms with Gasteiger partial charge in [-0.1, -0.05) is 48.5 Å². The van der Waals surface area contributed by atoms with E-state index in [0.29, 0.717) is 33.5 Å². The average Bonchev–Trinajstić information content (AvgIpc) is 2.99. The van der Waals surface area contributed by atoms with E-state index >= 15 is 0 Å². The molecule has 4 aromatic heterocycles. The summed E-state index contributed by atoms with van der Waals surface area (Å²) in [5.41, 5.74) is 3.61. The van der Waals surface area contributed by atoms with Crippen molar-refractivity contribution in [1.82, 2.24) is 19.9 Å². The van der Waals surface area contributed by atoms with Crippen molar-refractivity contribution < 1.29 is 19.8 Å². The summed E-state index contributed by atoms with van der Waals surface area (Å²) in [6.45, 7) is 0. The Balaban J connectivity index is 1.51. The number of aromatic nitrogens is 4. The maximum Gasteiger partial charge on any atom is 0.336 e. The van der Waals surface area contributed by atoms with Crippen LogP contribution in [0.4, 0.5) is 0 Å². The second-order valence-electron chi connectivity index (χ2n) is 9.37. The lowest BCUT2D eigenvalue weighted by atomic mass is 9.93. The van der Waals surface area contributed by atoms with E-state index in [9.17, 15) is 19.8 Å². The third kappa shape index (κ3) is 3.70. The Kier molecular flexibility index (Phi) is 5.21. The van der Waals surface area contributed by atoms with Crippen molar-refractivity contribution in [2.24, 2.45) is 0 Å². The molecule has 0 bridgehead atoms. The number of carboxylic acid groups (broad SMARTS) is 2. The van der Waals surface area contributed by atoms with Crippen LogP contribution in [0.1, 0.15) is 20.7 Å². The van der Waals surface area contributed by atoms with Crippen LogP contribution in [-0.2, 0) is 0 Å². The van der Waals surface area contributed by atoms with Crippen molar-refractivity contribution in [2.75, 3.05) is 0 Å². The first-order valence-corrected chi connectivity index (χ1v) is 12.4. The number of fused-ring (bicyclic) bond motifs is 6. The molecule has 0 fully saturated rings. The minimum atomic E-state index is -1.26. The fraction of sp³-hybridized carbons (Fsp3) is 0. The summed E-state index contributed by atoms with van der Waals surface area (Å²) < 4.78 is 0. The molecule has 0 aliphatic rings. The summed E-state index contributed by atoms with van der Waals surface area (Å²) in [6, 6.07) is 25.2. The van der Waals surface area contributed by atoms with Crippen LogP contribution in [0.5, 0.6) is 0 Å². The van der Waals surface area contributed by atoms with Gasteiger partial charge >= 0.3 is 11.9 Å². The first-order valence-electron chi connectivity index (χ1n) is 12.4. The number of hydrogen-bond acceptors (Lipinski definition) is 6. The van der Waals surface area contributed by atoms with Crippen LogP contribution < -0.4 is 0 Å². The van der Waals surface area contributed by atoms with Gasteiger partial charge in [0.25, 0.3) is 0 Å². The molecular weight excluding hydrogens is 504 g/mol. The number of carbonyl (C=O) groups is 2. The fourth-order valence-electron chi connectivity index (χ4n) is 5.12. The molecule has 8 nitrogen and oxygen atoms in total. The lowest BCUT2D eigenvalue weighted by Crippen LogP contribution is -2.08. The van der Waals surface area contributed by atoms with Gasteiger partial charge in [0, 0.05) is 45.1 Å². The molecular formula is C32H18N4O4. The molecule has 0 aliphatic carbocycles. The lowest BCUT2D eigenvalue weighted by Gasteiger charge is -2.14. The highest BCUT2D eigenvalue weighted by molar-refractivity contribution is 6.07. The van der Waals surface area contributed by atoms with Gasteiger partial charge in [-0.15, -0.1) is 0 Å². The molecule has 7 aromatic rings. The average molecular weight is 523 g/mol. The zero-order chi connectivity index (χ0) is 27.4. The van der Waals surface area contributed by atoms with Gasteiger partial charge in [0.2, 0.25) is 0 Å². The number of pyridine rings is 4. The molecule has 7 rings (SSSR count). The molecule has 3 aromatic carbocycles. The number of rotatable bonds is 4. The predicted octanol–water partition coefficient (Wildman–Crippen LogP) is 6.61. The monoisotopic (exact) mass is 522 g/mol. The molecule has 190 valence electrons. The van der Waals surface area contributed by atoms with Gasteiger partial charge in [-0.2, -0.15) is 0 Å². The number of carboxylic acids is 2. The maximum absolute atomic E-state index is 12.4. The van der Waals surface area contributed by atoms with E-state index in [1.807, 2.05) is 60.7 Å². The number of aromatic carboxylic acids is 2. The summed E-state index contributed by atoms with van der Waals surface area (Å²) in [7, 11) is 0. The van der Waals surface area contributed by atoms with Gasteiger partial charge in [0.15, 0.2) is 0 Å². The highest BCUT2D eigenvalue weighted by Gasteiger charge is 2.23. The third-order valence-corrected chi connectivity index (χ3v) is 7.03. The summed E-state index contributed by atoms with van der Waals surface area (Å²) in [5.74, 6) is -2.52. The van der Waals surface area contributed by atoms with Crippen molar-refractivity contribution in [3.63, 3.8) is 0 Å². The van der Waals surface area contributed by atoms with Gasteiger partial charge in [-0.25, -0.2) is 19.6 Å². The Morgan fingerprint density at radius 3 is 1.32 bits per heavy atom. The van der Waals surface area contributed by atoms with Crippen LogP contribution in [0.3, 0.4) is 0 Å². The summed E-state index contributed by atoms with van der Waals surface area (Å²) in [4.78, 5) is 43.3. The van der Waals surface area contributed by atoms with Gasteiger partial charge in [0.1, 0.15) is 0 Å². The van der Waals surface area contributed by atoms with Crippen molar-refractivity contribution in [3.05, 3.63) is 108 Å². The zero-order valence-corrected chi connectivity index (χ0v) is 20.7. The van der Waals surface area contributed by atoms with E-state index in [4.69, 9.17) is 9.97 Å². The zero-order valence-electron chi connectivity index (χ0n) is 20.7. The molecule has 0 saturated heterocycles. The molecule has 0 spiro atoms. The minimum absolute atomic E-state index is 0.172. The first kappa shape index (κ1) is 23.4. The first-order chi connectivity index (χ1) is 19.5. The summed E-state index contributed by atoms with van der Waals surface area (Å²) >= 11 is 0. The third-order valence-electron chi connectivity index (χ3n) is 7.03. The van der Waals surface area contributed by atoms with E-state index in [0.717, 1.165) is 21.5 Å². The molecule has 0 atom stereocenters. The molecule has 8 heteroatoms. The standard InChI is InChI=1S/C32H18N4O4/c37-31(38)23-16-24(32(39)40)22(26-12-10-20-8-6-18-4-2-14-34-28(18)30(20)36-26)15-21(23)25-11-9-19-7-5-17-3-1-13-33-27(17)29(19)35-25/h1-16H,(H,37,38)(H,39,40). The van der Waals surface area contributed by atoms with E-state index in [1.54, 1.807) is 30.6 Å². The largest absolute Gasteiger partial charge is 0.478 e. The molecule has 0 aliphatic heterocycles. The Hall–Kier alpha value is -5.76. The predicted molar refractivity (Wildman–Crippen MR) is 152 cm³/mol. The highest BCUT2D eigenvalue weighted by atomic mass is 16.4. The van der Waals surface area contributed by atoms with Crippen LogP contribution in [0.15, 0.2) is 97.3 Å². The van der Waals surface area contributed by atoms with Gasteiger partial charge in [-0.3, -0.25) is 9.97 Å². The van der Waals surface area contributed by atoms with Crippen LogP contribution in [-0.4, -0.2) is 42.1 Å². The topological polar surface area (TPSA) is 126 Å². The Morgan fingerprint density at radius 1 is 0.500 bits per heavy atom. The number of benzene rings is 3. The second-order valence-corrected chi connectivity index (χ2v) is 9.37. The van der Waals surface area contributed by atoms with Crippen molar-refractivity contribution >= 4 is 55.6 Å². The Morgan fingerprint density at radius 2 is 0.900 bits per heavy atom. The fourth-order valence-corrected chi connectivity index (χ4v) is 5.12.